The molecule has 0 aliphatic heterocycles. The fourth-order valence-corrected chi connectivity index (χ4v) is 1.33. The van der Waals surface area contributed by atoms with Crippen molar-refractivity contribution in [3.8, 4) is 6.07 Å². The minimum absolute atomic E-state index is 0.167. The second-order valence-electron chi connectivity index (χ2n) is 3.04. The Balaban J connectivity index is 2.69. The number of rotatable bonds is 4. The predicted octanol–water partition coefficient (Wildman–Crippen LogP) is 0.926. The summed E-state index contributed by atoms with van der Waals surface area (Å²) in [6, 6.07) is 11.3. The number of amides is 1. The molecule has 0 unspecified atom stereocenters. The first-order valence-electron chi connectivity index (χ1n) is 4.56. The largest absolute Gasteiger partial charge is 0.375 e. The van der Waals surface area contributed by atoms with E-state index in [9.17, 15) is 4.79 Å². The average molecular weight is 233 g/mol. The van der Waals surface area contributed by atoms with Crippen molar-refractivity contribution in [1.82, 2.24) is 5.32 Å². The third kappa shape index (κ3) is 3.33. The SMILES string of the molecule is N#CC(C(N)=O)=C(S)NCc1ccccc1. The van der Waals surface area contributed by atoms with E-state index >= 15 is 0 Å². The fourth-order valence-electron chi connectivity index (χ4n) is 1.09. The number of hydrogen-bond donors (Lipinski definition) is 3. The van der Waals surface area contributed by atoms with Gasteiger partial charge < -0.3 is 11.1 Å². The third-order valence-corrected chi connectivity index (χ3v) is 2.28. The van der Waals surface area contributed by atoms with Crippen LogP contribution in [-0.2, 0) is 11.3 Å². The van der Waals surface area contributed by atoms with Crippen molar-refractivity contribution in [1.29, 1.82) is 5.26 Å². The van der Waals surface area contributed by atoms with Gasteiger partial charge in [0.1, 0.15) is 11.6 Å². The van der Waals surface area contributed by atoms with E-state index in [1.54, 1.807) is 6.07 Å². The highest BCUT2D eigenvalue weighted by molar-refractivity contribution is 7.84. The van der Waals surface area contributed by atoms with Gasteiger partial charge in [0.15, 0.2) is 0 Å². The monoisotopic (exact) mass is 233 g/mol. The maximum atomic E-state index is 10.8. The third-order valence-electron chi connectivity index (χ3n) is 1.90. The van der Waals surface area contributed by atoms with Crippen LogP contribution in [0.4, 0.5) is 0 Å². The van der Waals surface area contributed by atoms with E-state index in [0.717, 1.165) is 5.56 Å². The van der Waals surface area contributed by atoms with E-state index in [4.69, 9.17) is 11.0 Å². The van der Waals surface area contributed by atoms with E-state index in [-0.39, 0.29) is 10.6 Å². The Morgan fingerprint density at radius 2 is 2.06 bits per heavy atom. The minimum atomic E-state index is -0.784. The summed E-state index contributed by atoms with van der Waals surface area (Å²) in [5.41, 5.74) is 5.87. The second kappa shape index (κ2) is 5.83. The molecule has 82 valence electrons. The Hall–Kier alpha value is -1.93. The van der Waals surface area contributed by atoms with Gasteiger partial charge in [-0.1, -0.05) is 30.3 Å². The van der Waals surface area contributed by atoms with Crippen LogP contribution in [0.3, 0.4) is 0 Å². The number of carbonyl (C=O) groups excluding carboxylic acids is 1. The molecule has 0 aromatic heterocycles. The number of nitrogens with one attached hydrogen (secondary N) is 1. The van der Waals surface area contributed by atoms with Crippen molar-refractivity contribution in [3.63, 3.8) is 0 Å². The Morgan fingerprint density at radius 3 is 2.56 bits per heavy atom. The first kappa shape index (κ1) is 12.1. The molecule has 0 aliphatic rings. The highest BCUT2D eigenvalue weighted by Gasteiger charge is 2.08. The quantitative estimate of drug-likeness (QED) is 0.411. The predicted molar refractivity (Wildman–Crippen MR) is 64.1 cm³/mol. The molecule has 1 aromatic carbocycles. The summed E-state index contributed by atoms with van der Waals surface area (Å²) in [6.07, 6.45) is 0. The van der Waals surface area contributed by atoms with E-state index in [1.807, 2.05) is 30.3 Å². The first-order chi connectivity index (χ1) is 7.65. The Kier molecular flexibility index (Phi) is 4.42. The molecule has 0 fully saturated rings. The number of carbonyl (C=O) groups is 1. The summed E-state index contributed by atoms with van der Waals surface area (Å²) in [5, 5.41) is 11.7. The Bertz CT molecular complexity index is 448. The van der Waals surface area contributed by atoms with Gasteiger partial charge in [0.25, 0.3) is 5.91 Å². The number of nitrogens with two attached hydrogens (primary N) is 1. The number of primary amides is 1. The lowest BCUT2D eigenvalue weighted by Gasteiger charge is -2.06. The molecule has 0 saturated carbocycles. The van der Waals surface area contributed by atoms with Crippen molar-refractivity contribution in [2.24, 2.45) is 5.73 Å². The molecule has 0 heterocycles. The zero-order valence-electron chi connectivity index (χ0n) is 8.47. The molecule has 4 nitrogen and oxygen atoms in total. The second-order valence-corrected chi connectivity index (χ2v) is 3.49. The van der Waals surface area contributed by atoms with Crippen LogP contribution in [0.25, 0.3) is 0 Å². The standard InChI is InChI=1S/C11H11N3OS/c12-6-9(10(13)15)11(16)14-7-8-4-2-1-3-5-8/h1-5,14,16H,7H2,(H2,13,15). The smallest absolute Gasteiger partial charge is 0.262 e. The van der Waals surface area contributed by atoms with E-state index in [2.05, 4.69) is 17.9 Å². The van der Waals surface area contributed by atoms with Crippen LogP contribution in [0.2, 0.25) is 0 Å². The molecule has 5 heteroatoms. The highest BCUT2D eigenvalue weighted by Crippen LogP contribution is 2.06. The van der Waals surface area contributed by atoms with Crippen molar-refractivity contribution < 1.29 is 4.79 Å². The average Bonchev–Trinajstić information content (AvgIpc) is 2.28. The number of nitrogens with zero attached hydrogens (tertiary/aromatic N) is 1. The van der Waals surface area contributed by atoms with Crippen LogP contribution >= 0.6 is 12.6 Å². The molecule has 0 bridgehead atoms. The van der Waals surface area contributed by atoms with Crippen molar-refractivity contribution in [2.45, 2.75) is 6.54 Å². The van der Waals surface area contributed by atoms with Gasteiger partial charge in [0.2, 0.25) is 0 Å². The van der Waals surface area contributed by atoms with Crippen LogP contribution < -0.4 is 11.1 Å². The minimum Gasteiger partial charge on any atom is -0.375 e. The molecule has 1 rings (SSSR count). The molecule has 3 N–H and O–H groups in total. The van der Waals surface area contributed by atoms with Crippen molar-refractivity contribution in [3.05, 3.63) is 46.5 Å². The van der Waals surface area contributed by atoms with Gasteiger partial charge >= 0.3 is 0 Å². The zero-order chi connectivity index (χ0) is 12.0. The Morgan fingerprint density at radius 1 is 1.44 bits per heavy atom. The van der Waals surface area contributed by atoms with Crippen LogP contribution in [0.5, 0.6) is 0 Å². The molecular weight excluding hydrogens is 222 g/mol. The summed E-state index contributed by atoms with van der Waals surface area (Å²) in [6.45, 7) is 0.484. The lowest BCUT2D eigenvalue weighted by molar-refractivity contribution is -0.114. The highest BCUT2D eigenvalue weighted by atomic mass is 32.1. The van der Waals surface area contributed by atoms with Gasteiger partial charge in [-0.2, -0.15) is 5.26 Å². The van der Waals surface area contributed by atoms with Gasteiger partial charge in [-0.3, -0.25) is 4.79 Å². The molecule has 1 aromatic rings. The Labute approximate surface area is 99.2 Å². The topological polar surface area (TPSA) is 78.9 Å². The molecule has 1 amide bonds. The summed E-state index contributed by atoms with van der Waals surface area (Å²) in [4.78, 5) is 10.8. The molecule has 16 heavy (non-hydrogen) atoms. The van der Waals surface area contributed by atoms with Gasteiger partial charge in [0, 0.05) is 6.54 Å². The zero-order valence-corrected chi connectivity index (χ0v) is 9.37. The van der Waals surface area contributed by atoms with Crippen LogP contribution in [0.15, 0.2) is 40.9 Å². The number of nitriles is 1. The van der Waals surface area contributed by atoms with Crippen molar-refractivity contribution in [2.75, 3.05) is 0 Å². The first-order valence-corrected chi connectivity index (χ1v) is 5.01. The fraction of sp³-hybridized carbons (Fsp3) is 0.0909. The number of thiol groups is 1. The maximum absolute atomic E-state index is 10.8. The van der Waals surface area contributed by atoms with Crippen LogP contribution in [0, 0.1) is 11.3 Å². The van der Waals surface area contributed by atoms with Gasteiger partial charge in [-0.15, -0.1) is 12.6 Å². The van der Waals surface area contributed by atoms with Gasteiger partial charge in [0.05, 0.1) is 5.03 Å². The molecule has 0 atom stereocenters. The molecule has 0 aliphatic carbocycles. The van der Waals surface area contributed by atoms with Gasteiger partial charge in [-0.05, 0) is 5.56 Å². The van der Waals surface area contributed by atoms with E-state index in [0.29, 0.717) is 6.54 Å². The van der Waals surface area contributed by atoms with E-state index < -0.39 is 5.91 Å². The molecular formula is C11H11N3OS. The van der Waals surface area contributed by atoms with Crippen LogP contribution in [-0.4, -0.2) is 5.91 Å². The summed E-state index contributed by atoms with van der Waals surface area (Å²) >= 11 is 4.02. The normalized spacial score (nSPS) is 11.2. The summed E-state index contributed by atoms with van der Waals surface area (Å²) < 4.78 is 0. The van der Waals surface area contributed by atoms with Crippen LogP contribution in [0.1, 0.15) is 5.56 Å². The molecule has 0 spiro atoms. The lowest BCUT2D eigenvalue weighted by atomic mass is 10.2. The number of hydrogen-bond acceptors (Lipinski definition) is 4. The maximum Gasteiger partial charge on any atom is 0.262 e. The summed E-state index contributed by atoms with van der Waals surface area (Å²) in [7, 11) is 0. The summed E-state index contributed by atoms with van der Waals surface area (Å²) in [5.74, 6) is -0.784. The van der Waals surface area contributed by atoms with Gasteiger partial charge in [-0.25, -0.2) is 0 Å². The molecule has 0 radical (unpaired) electrons. The van der Waals surface area contributed by atoms with Crippen molar-refractivity contribution >= 4 is 18.5 Å². The lowest BCUT2D eigenvalue weighted by Crippen LogP contribution is -2.19. The number of benzene rings is 1. The van der Waals surface area contributed by atoms with E-state index in [1.165, 1.54) is 0 Å². The molecule has 0 saturated heterocycles.